The molecule has 1 aliphatic heterocycles. The van der Waals surface area contributed by atoms with E-state index >= 15 is 0 Å². The second-order valence-corrected chi connectivity index (χ2v) is 6.69. The fourth-order valence-corrected chi connectivity index (χ4v) is 3.03. The SMILES string of the molecule is CN=C(NCCCNc1ccccc1)NC1CCN(C(C)C)CC1.I. The highest BCUT2D eigenvalue weighted by atomic mass is 127. The molecular weight excluding hydrogens is 425 g/mol. The van der Waals surface area contributed by atoms with Crippen molar-refractivity contribution in [3.63, 3.8) is 0 Å². The molecule has 1 aromatic rings. The minimum Gasteiger partial charge on any atom is -0.385 e. The summed E-state index contributed by atoms with van der Waals surface area (Å²) in [4.78, 5) is 6.90. The van der Waals surface area contributed by atoms with E-state index in [9.17, 15) is 0 Å². The fraction of sp³-hybridized carbons (Fsp3) is 0.632. The highest BCUT2D eigenvalue weighted by molar-refractivity contribution is 14.0. The maximum atomic E-state index is 4.35. The smallest absolute Gasteiger partial charge is 0.191 e. The first-order valence-corrected chi connectivity index (χ1v) is 9.19. The number of piperidine rings is 1. The molecule has 3 N–H and O–H groups in total. The number of anilines is 1. The number of guanidine groups is 1. The van der Waals surface area contributed by atoms with Gasteiger partial charge in [-0.25, -0.2) is 0 Å². The van der Waals surface area contributed by atoms with Crippen molar-refractivity contribution in [3.05, 3.63) is 30.3 Å². The van der Waals surface area contributed by atoms with Gasteiger partial charge in [0.2, 0.25) is 0 Å². The molecule has 0 aliphatic carbocycles. The van der Waals surface area contributed by atoms with Crippen molar-refractivity contribution < 1.29 is 0 Å². The van der Waals surface area contributed by atoms with Crippen LogP contribution in [0.2, 0.25) is 0 Å². The van der Waals surface area contributed by atoms with Gasteiger partial charge >= 0.3 is 0 Å². The maximum absolute atomic E-state index is 4.35. The number of hydrogen-bond donors (Lipinski definition) is 3. The van der Waals surface area contributed by atoms with E-state index in [4.69, 9.17) is 0 Å². The lowest BCUT2D eigenvalue weighted by molar-refractivity contribution is 0.167. The Labute approximate surface area is 170 Å². The quantitative estimate of drug-likeness (QED) is 0.254. The molecule has 1 heterocycles. The van der Waals surface area contributed by atoms with Gasteiger partial charge in [-0.3, -0.25) is 4.99 Å². The average molecular weight is 459 g/mol. The normalized spacial score (nSPS) is 16.4. The van der Waals surface area contributed by atoms with E-state index in [0.29, 0.717) is 12.1 Å². The molecule has 1 aromatic carbocycles. The number of halogens is 1. The molecule has 0 atom stereocenters. The van der Waals surface area contributed by atoms with Gasteiger partial charge in [-0.1, -0.05) is 18.2 Å². The van der Waals surface area contributed by atoms with Crippen LogP contribution < -0.4 is 16.0 Å². The minimum atomic E-state index is 0. The van der Waals surface area contributed by atoms with Crippen LogP contribution in [0.15, 0.2) is 35.3 Å². The fourth-order valence-electron chi connectivity index (χ4n) is 3.03. The monoisotopic (exact) mass is 459 g/mol. The molecule has 1 saturated heterocycles. The van der Waals surface area contributed by atoms with Gasteiger partial charge in [0.15, 0.2) is 5.96 Å². The molecule has 0 spiro atoms. The number of nitrogens with zero attached hydrogens (tertiary/aromatic N) is 2. The van der Waals surface area contributed by atoms with Crippen LogP contribution in [-0.2, 0) is 0 Å². The van der Waals surface area contributed by atoms with Gasteiger partial charge in [0.05, 0.1) is 0 Å². The molecule has 5 nitrogen and oxygen atoms in total. The first-order valence-electron chi connectivity index (χ1n) is 9.19. The molecule has 0 bridgehead atoms. The van der Waals surface area contributed by atoms with Gasteiger partial charge in [0, 0.05) is 51.0 Å². The van der Waals surface area contributed by atoms with E-state index in [1.165, 1.54) is 31.6 Å². The van der Waals surface area contributed by atoms with Crippen LogP contribution in [0.5, 0.6) is 0 Å². The van der Waals surface area contributed by atoms with E-state index in [2.05, 4.69) is 64.0 Å². The zero-order valence-corrected chi connectivity index (χ0v) is 18.1. The van der Waals surface area contributed by atoms with Crippen LogP contribution in [-0.4, -0.2) is 56.2 Å². The Morgan fingerprint density at radius 3 is 2.44 bits per heavy atom. The van der Waals surface area contributed by atoms with Crippen molar-refractivity contribution in [2.75, 3.05) is 38.5 Å². The summed E-state index contributed by atoms with van der Waals surface area (Å²) in [5.41, 5.74) is 1.18. The molecule has 2 rings (SSSR count). The van der Waals surface area contributed by atoms with E-state index in [1.807, 2.05) is 13.1 Å². The van der Waals surface area contributed by atoms with Crippen LogP contribution in [0.3, 0.4) is 0 Å². The lowest BCUT2D eigenvalue weighted by Crippen LogP contribution is -2.50. The number of aliphatic imine (C=N–C) groups is 1. The third-order valence-corrected chi connectivity index (χ3v) is 4.57. The predicted octanol–water partition coefficient (Wildman–Crippen LogP) is 3.14. The number of para-hydroxylation sites is 1. The molecule has 25 heavy (non-hydrogen) atoms. The molecule has 0 amide bonds. The van der Waals surface area contributed by atoms with Crippen molar-refractivity contribution in [3.8, 4) is 0 Å². The molecule has 1 fully saturated rings. The van der Waals surface area contributed by atoms with Gasteiger partial charge in [-0.15, -0.1) is 24.0 Å². The Morgan fingerprint density at radius 1 is 1.16 bits per heavy atom. The molecule has 0 saturated carbocycles. The minimum absolute atomic E-state index is 0. The number of rotatable bonds is 7. The van der Waals surface area contributed by atoms with Gasteiger partial charge in [-0.2, -0.15) is 0 Å². The van der Waals surface area contributed by atoms with Crippen LogP contribution in [0.25, 0.3) is 0 Å². The zero-order chi connectivity index (χ0) is 17.2. The van der Waals surface area contributed by atoms with Gasteiger partial charge < -0.3 is 20.9 Å². The average Bonchev–Trinajstić information content (AvgIpc) is 2.61. The van der Waals surface area contributed by atoms with E-state index < -0.39 is 0 Å². The molecule has 0 radical (unpaired) electrons. The summed E-state index contributed by atoms with van der Waals surface area (Å²) in [5.74, 6) is 0.928. The van der Waals surface area contributed by atoms with Crippen molar-refractivity contribution in [2.24, 2.45) is 4.99 Å². The summed E-state index contributed by atoms with van der Waals surface area (Å²) < 4.78 is 0. The van der Waals surface area contributed by atoms with Gasteiger partial charge in [0.25, 0.3) is 0 Å². The third kappa shape index (κ3) is 8.27. The van der Waals surface area contributed by atoms with Crippen molar-refractivity contribution in [2.45, 2.75) is 45.2 Å². The first kappa shape index (κ1) is 22.0. The number of nitrogens with one attached hydrogen (secondary N) is 3. The van der Waals surface area contributed by atoms with Crippen LogP contribution in [0, 0.1) is 0 Å². The second-order valence-electron chi connectivity index (χ2n) is 6.69. The first-order chi connectivity index (χ1) is 11.7. The van der Waals surface area contributed by atoms with Crippen LogP contribution in [0.1, 0.15) is 33.1 Å². The van der Waals surface area contributed by atoms with Gasteiger partial charge in [-0.05, 0) is 45.2 Å². The van der Waals surface area contributed by atoms with Gasteiger partial charge in [0.1, 0.15) is 0 Å². The summed E-state index contributed by atoms with van der Waals surface area (Å²) in [6, 6.07) is 11.5. The molecule has 0 aromatic heterocycles. The summed E-state index contributed by atoms with van der Waals surface area (Å²) in [5, 5.41) is 10.4. The second kappa shape index (κ2) is 12.4. The highest BCUT2D eigenvalue weighted by Gasteiger charge is 2.21. The maximum Gasteiger partial charge on any atom is 0.191 e. The van der Waals surface area contributed by atoms with Crippen molar-refractivity contribution in [1.82, 2.24) is 15.5 Å². The van der Waals surface area contributed by atoms with E-state index in [0.717, 1.165) is 25.5 Å². The third-order valence-electron chi connectivity index (χ3n) is 4.57. The van der Waals surface area contributed by atoms with Crippen LogP contribution in [0.4, 0.5) is 5.69 Å². The number of hydrogen-bond acceptors (Lipinski definition) is 3. The van der Waals surface area contributed by atoms with E-state index in [1.54, 1.807) is 0 Å². The van der Waals surface area contributed by atoms with Crippen molar-refractivity contribution in [1.29, 1.82) is 0 Å². The summed E-state index contributed by atoms with van der Waals surface area (Å²) in [7, 11) is 1.85. The highest BCUT2D eigenvalue weighted by Crippen LogP contribution is 2.12. The van der Waals surface area contributed by atoms with E-state index in [-0.39, 0.29) is 24.0 Å². The zero-order valence-electron chi connectivity index (χ0n) is 15.8. The topological polar surface area (TPSA) is 51.7 Å². The Hall–Kier alpha value is -1.02. The summed E-state index contributed by atoms with van der Waals surface area (Å²) in [6.07, 6.45) is 3.43. The Morgan fingerprint density at radius 2 is 1.84 bits per heavy atom. The lowest BCUT2D eigenvalue weighted by atomic mass is 10.0. The summed E-state index contributed by atoms with van der Waals surface area (Å²) in [6.45, 7) is 8.78. The molecular formula is C19H34IN5. The molecule has 142 valence electrons. The Bertz CT molecular complexity index is 484. The Kier molecular flexibility index (Phi) is 10.9. The molecule has 1 aliphatic rings. The number of likely N-dealkylation sites (tertiary alicyclic amines) is 1. The molecule has 0 unspecified atom stereocenters. The predicted molar refractivity (Wildman–Crippen MR) is 119 cm³/mol. The van der Waals surface area contributed by atoms with Crippen LogP contribution >= 0.6 is 24.0 Å². The number of benzene rings is 1. The standard InChI is InChI=1S/C19H33N5.HI/c1-16(2)24-14-10-18(11-15-24)23-19(20-3)22-13-7-12-21-17-8-5-4-6-9-17;/h4-6,8-9,16,18,21H,7,10-15H2,1-3H3,(H2,20,22,23);1H. The summed E-state index contributed by atoms with van der Waals surface area (Å²) >= 11 is 0. The Balaban J connectivity index is 0.00000312. The molecule has 6 heteroatoms. The van der Waals surface area contributed by atoms with Crippen molar-refractivity contribution >= 4 is 35.6 Å². The largest absolute Gasteiger partial charge is 0.385 e. The lowest BCUT2D eigenvalue weighted by Gasteiger charge is -2.35.